The second kappa shape index (κ2) is 5.29. The highest BCUT2D eigenvalue weighted by Gasteiger charge is 2.20. The monoisotopic (exact) mass is 237 g/mol. The summed E-state index contributed by atoms with van der Waals surface area (Å²) in [4.78, 5) is 10.5. The number of nitrogen functional groups attached to an aromatic ring is 1. The maximum absolute atomic E-state index is 5.74. The van der Waals surface area contributed by atoms with Gasteiger partial charge in [-0.05, 0) is 6.42 Å². The fourth-order valence-corrected chi connectivity index (χ4v) is 1.95. The molecule has 1 aliphatic rings. The van der Waals surface area contributed by atoms with E-state index in [0.29, 0.717) is 18.4 Å². The van der Waals surface area contributed by atoms with Crippen LogP contribution in [0.2, 0.25) is 0 Å². The number of hydrogen-bond donors (Lipinski definition) is 2. The average molecular weight is 237 g/mol. The summed E-state index contributed by atoms with van der Waals surface area (Å²) in [7, 11) is 1.95. The van der Waals surface area contributed by atoms with Crippen molar-refractivity contribution in [1.29, 1.82) is 0 Å². The first-order valence-corrected chi connectivity index (χ1v) is 5.84. The van der Waals surface area contributed by atoms with Gasteiger partial charge in [-0.3, -0.25) is 0 Å². The van der Waals surface area contributed by atoms with Crippen LogP contribution in [-0.2, 0) is 4.74 Å². The number of aromatic nitrogens is 2. The van der Waals surface area contributed by atoms with Crippen molar-refractivity contribution in [3.05, 3.63) is 11.8 Å². The van der Waals surface area contributed by atoms with E-state index in [0.717, 1.165) is 37.7 Å². The number of anilines is 2. The predicted octanol–water partition coefficient (Wildman–Crippen LogP) is -0.0424. The van der Waals surface area contributed by atoms with Gasteiger partial charge in [0.2, 0.25) is 5.95 Å². The van der Waals surface area contributed by atoms with Crippen LogP contribution in [0.4, 0.5) is 11.8 Å². The molecule has 1 saturated heterocycles. The molecule has 6 heteroatoms. The molecule has 0 aromatic carbocycles. The SMILES string of the molecule is CN(CCN)c1cc(C2CCOC2)nc(N)n1. The minimum Gasteiger partial charge on any atom is -0.381 e. The number of rotatable bonds is 4. The van der Waals surface area contributed by atoms with E-state index in [4.69, 9.17) is 16.2 Å². The van der Waals surface area contributed by atoms with E-state index in [2.05, 4.69) is 9.97 Å². The van der Waals surface area contributed by atoms with E-state index >= 15 is 0 Å². The van der Waals surface area contributed by atoms with Gasteiger partial charge in [-0.2, -0.15) is 4.98 Å². The van der Waals surface area contributed by atoms with Crippen LogP contribution < -0.4 is 16.4 Å². The molecule has 17 heavy (non-hydrogen) atoms. The summed E-state index contributed by atoms with van der Waals surface area (Å²) < 4.78 is 5.36. The van der Waals surface area contributed by atoms with Crippen molar-refractivity contribution in [1.82, 2.24) is 9.97 Å². The minimum atomic E-state index is 0.313. The molecule has 4 N–H and O–H groups in total. The number of nitrogens with zero attached hydrogens (tertiary/aromatic N) is 3. The smallest absolute Gasteiger partial charge is 0.222 e. The van der Waals surface area contributed by atoms with Crippen molar-refractivity contribution >= 4 is 11.8 Å². The second-order valence-electron chi connectivity index (χ2n) is 4.28. The molecular formula is C11H19N5O. The molecule has 1 aliphatic heterocycles. The highest BCUT2D eigenvalue weighted by atomic mass is 16.5. The summed E-state index contributed by atoms with van der Waals surface area (Å²) >= 11 is 0. The highest BCUT2D eigenvalue weighted by Crippen LogP contribution is 2.26. The van der Waals surface area contributed by atoms with Crippen LogP contribution >= 0.6 is 0 Å². The van der Waals surface area contributed by atoms with E-state index in [1.807, 2.05) is 18.0 Å². The Balaban J connectivity index is 2.22. The minimum absolute atomic E-state index is 0.313. The lowest BCUT2D eigenvalue weighted by Gasteiger charge is -2.18. The molecule has 6 nitrogen and oxygen atoms in total. The zero-order valence-corrected chi connectivity index (χ0v) is 10.1. The zero-order valence-electron chi connectivity index (χ0n) is 10.1. The van der Waals surface area contributed by atoms with Crippen LogP contribution in [0.3, 0.4) is 0 Å². The Hall–Kier alpha value is -1.40. The maximum Gasteiger partial charge on any atom is 0.222 e. The van der Waals surface area contributed by atoms with Crippen molar-refractivity contribution in [2.75, 3.05) is 44.0 Å². The van der Waals surface area contributed by atoms with Crippen molar-refractivity contribution in [2.45, 2.75) is 12.3 Å². The molecule has 1 aromatic heterocycles. The second-order valence-corrected chi connectivity index (χ2v) is 4.28. The van der Waals surface area contributed by atoms with Gasteiger partial charge in [0.15, 0.2) is 0 Å². The Bertz CT molecular complexity index is 378. The van der Waals surface area contributed by atoms with E-state index in [1.165, 1.54) is 0 Å². The molecule has 1 unspecified atom stereocenters. The first-order valence-electron chi connectivity index (χ1n) is 5.84. The molecular weight excluding hydrogens is 218 g/mol. The Morgan fingerprint density at radius 3 is 3.00 bits per heavy atom. The fraction of sp³-hybridized carbons (Fsp3) is 0.636. The van der Waals surface area contributed by atoms with Crippen molar-refractivity contribution in [3.8, 4) is 0 Å². The maximum atomic E-state index is 5.74. The van der Waals surface area contributed by atoms with Crippen molar-refractivity contribution < 1.29 is 4.74 Å². The third-order valence-corrected chi connectivity index (χ3v) is 2.95. The third-order valence-electron chi connectivity index (χ3n) is 2.95. The lowest BCUT2D eigenvalue weighted by Crippen LogP contribution is -2.26. The lowest BCUT2D eigenvalue weighted by atomic mass is 10.0. The summed E-state index contributed by atoms with van der Waals surface area (Å²) in [6.07, 6.45) is 0.997. The van der Waals surface area contributed by atoms with Crippen LogP contribution in [-0.4, -0.2) is 43.3 Å². The zero-order chi connectivity index (χ0) is 12.3. The van der Waals surface area contributed by atoms with Crippen molar-refractivity contribution in [3.63, 3.8) is 0 Å². The summed E-state index contributed by atoms with van der Waals surface area (Å²) in [6.45, 7) is 2.85. The fourth-order valence-electron chi connectivity index (χ4n) is 1.95. The summed E-state index contributed by atoms with van der Waals surface area (Å²) in [5.41, 5.74) is 12.2. The van der Waals surface area contributed by atoms with Crippen LogP contribution in [0.1, 0.15) is 18.0 Å². The van der Waals surface area contributed by atoms with Gasteiger partial charge in [-0.25, -0.2) is 4.98 Å². The molecule has 1 atom stereocenters. The van der Waals surface area contributed by atoms with Crippen LogP contribution in [0.5, 0.6) is 0 Å². The van der Waals surface area contributed by atoms with Crippen LogP contribution in [0, 0.1) is 0 Å². The summed E-state index contributed by atoms with van der Waals surface area (Å²) in [5, 5.41) is 0. The van der Waals surface area contributed by atoms with E-state index < -0.39 is 0 Å². The van der Waals surface area contributed by atoms with Gasteiger partial charge in [0, 0.05) is 38.7 Å². The van der Waals surface area contributed by atoms with Gasteiger partial charge in [0.25, 0.3) is 0 Å². The molecule has 2 rings (SSSR count). The Kier molecular flexibility index (Phi) is 3.75. The third kappa shape index (κ3) is 2.83. The Labute approximate surface area is 101 Å². The number of nitrogens with two attached hydrogens (primary N) is 2. The van der Waals surface area contributed by atoms with E-state index in [-0.39, 0.29) is 0 Å². The number of ether oxygens (including phenoxy) is 1. The van der Waals surface area contributed by atoms with Gasteiger partial charge in [-0.1, -0.05) is 0 Å². The molecule has 0 saturated carbocycles. The van der Waals surface area contributed by atoms with E-state index in [9.17, 15) is 0 Å². The molecule has 0 bridgehead atoms. The average Bonchev–Trinajstić information content (AvgIpc) is 2.82. The largest absolute Gasteiger partial charge is 0.381 e. The Morgan fingerprint density at radius 2 is 2.35 bits per heavy atom. The van der Waals surface area contributed by atoms with Crippen LogP contribution in [0.15, 0.2) is 6.07 Å². The molecule has 1 aromatic rings. The van der Waals surface area contributed by atoms with Crippen LogP contribution in [0.25, 0.3) is 0 Å². The lowest BCUT2D eigenvalue weighted by molar-refractivity contribution is 0.193. The summed E-state index contributed by atoms with van der Waals surface area (Å²) in [6, 6.07) is 1.98. The standard InChI is InChI=1S/C11H19N5O/c1-16(4-3-12)10-6-9(14-11(13)15-10)8-2-5-17-7-8/h6,8H,2-5,7,12H2,1H3,(H2,13,14,15). The first kappa shape index (κ1) is 12.1. The number of likely N-dealkylation sites (N-methyl/N-ethyl adjacent to an activating group) is 1. The number of hydrogen-bond acceptors (Lipinski definition) is 6. The summed E-state index contributed by atoms with van der Waals surface area (Å²) in [5.74, 6) is 1.48. The van der Waals surface area contributed by atoms with Gasteiger partial charge in [-0.15, -0.1) is 0 Å². The Morgan fingerprint density at radius 1 is 1.53 bits per heavy atom. The molecule has 0 amide bonds. The topological polar surface area (TPSA) is 90.3 Å². The quantitative estimate of drug-likeness (QED) is 0.763. The normalized spacial score (nSPS) is 19.5. The molecule has 1 fully saturated rings. The highest BCUT2D eigenvalue weighted by molar-refractivity contribution is 5.43. The molecule has 0 spiro atoms. The molecule has 0 radical (unpaired) electrons. The van der Waals surface area contributed by atoms with Gasteiger partial charge < -0.3 is 21.1 Å². The molecule has 0 aliphatic carbocycles. The van der Waals surface area contributed by atoms with Crippen molar-refractivity contribution in [2.24, 2.45) is 5.73 Å². The van der Waals surface area contributed by atoms with Gasteiger partial charge in [0.1, 0.15) is 5.82 Å². The first-order chi connectivity index (χ1) is 8.20. The van der Waals surface area contributed by atoms with Gasteiger partial charge in [0.05, 0.1) is 12.3 Å². The van der Waals surface area contributed by atoms with Gasteiger partial charge >= 0.3 is 0 Å². The molecule has 2 heterocycles. The van der Waals surface area contributed by atoms with E-state index in [1.54, 1.807) is 0 Å². The predicted molar refractivity (Wildman–Crippen MR) is 66.9 cm³/mol. The molecule has 94 valence electrons.